The van der Waals surface area contributed by atoms with Crippen LogP contribution in [0.5, 0.6) is 0 Å². The smallest absolute Gasteiger partial charge is 0.319 e. The van der Waals surface area contributed by atoms with E-state index in [4.69, 9.17) is 0 Å². The van der Waals surface area contributed by atoms with Crippen LogP contribution in [0.2, 0.25) is 0 Å². The lowest BCUT2D eigenvalue weighted by Gasteiger charge is -2.22. The number of anilines is 1. The van der Waals surface area contributed by atoms with Gasteiger partial charge in [-0.2, -0.15) is 0 Å². The molecule has 1 aliphatic rings. The van der Waals surface area contributed by atoms with Gasteiger partial charge in [0, 0.05) is 25.1 Å². The maximum absolute atomic E-state index is 12.8. The average molecular weight is 300 g/mol. The van der Waals surface area contributed by atoms with Crippen LogP contribution in [0.3, 0.4) is 0 Å². The van der Waals surface area contributed by atoms with Crippen LogP contribution in [-0.2, 0) is 12.8 Å². The van der Waals surface area contributed by atoms with Gasteiger partial charge in [0.15, 0.2) is 0 Å². The minimum atomic E-state index is -0.955. The third-order valence-electron chi connectivity index (χ3n) is 3.84. The Hall–Kier alpha value is -2.40. The zero-order chi connectivity index (χ0) is 15.6. The molecule has 3 rings (SSSR count). The Morgan fingerprint density at radius 1 is 1.09 bits per heavy atom. The molecule has 0 atom stereocenters. The Morgan fingerprint density at radius 3 is 2.27 bits per heavy atom. The molecule has 114 valence electrons. The van der Waals surface area contributed by atoms with Gasteiger partial charge in [-0.3, -0.25) is 0 Å². The fourth-order valence-corrected chi connectivity index (χ4v) is 2.75. The van der Waals surface area contributed by atoms with Crippen LogP contribution in [0.1, 0.15) is 11.1 Å². The summed E-state index contributed by atoms with van der Waals surface area (Å²) < 4.78 is 12.8. The first-order valence-corrected chi connectivity index (χ1v) is 7.14. The van der Waals surface area contributed by atoms with Crippen LogP contribution in [0.15, 0.2) is 48.5 Å². The SMILES string of the molecule is O=C(NCC1(O)Cc2ccccc2C1)Nc1ccc(F)cc1. The molecule has 0 saturated carbocycles. The molecule has 5 heteroatoms. The van der Waals surface area contributed by atoms with Gasteiger partial charge in [0.05, 0.1) is 5.60 Å². The molecule has 0 unspecified atom stereocenters. The highest BCUT2D eigenvalue weighted by Gasteiger charge is 2.35. The third kappa shape index (κ3) is 3.26. The summed E-state index contributed by atoms with van der Waals surface area (Å²) in [7, 11) is 0. The quantitative estimate of drug-likeness (QED) is 0.815. The highest BCUT2D eigenvalue weighted by Crippen LogP contribution is 2.29. The highest BCUT2D eigenvalue weighted by atomic mass is 19.1. The number of hydrogen-bond donors (Lipinski definition) is 3. The highest BCUT2D eigenvalue weighted by molar-refractivity contribution is 5.89. The third-order valence-corrected chi connectivity index (χ3v) is 3.84. The second-order valence-corrected chi connectivity index (χ2v) is 5.66. The van der Waals surface area contributed by atoms with Gasteiger partial charge in [0.1, 0.15) is 5.82 Å². The predicted molar refractivity (Wildman–Crippen MR) is 82.2 cm³/mol. The van der Waals surface area contributed by atoms with Crippen molar-refractivity contribution in [3.8, 4) is 0 Å². The molecular formula is C17H17FN2O2. The van der Waals surface area contributed by atoms with Crippen LogP contribution in [0.25, 0.3) is 0 Å². The maximum atomic E-state index is 12.8. The van der Waals surface area contributed by atoms with E-state index in [2.05, 4.69) is 10.6 Å². The van der Waals surface area contributed by atoms with E-state index in [0.717, 1.165) is 11.1 Å². The van der Waals surface area contributed by atoms with Crippen molar-refractivity contribution in [2.24, 2.45) is 0 Å². The number of benzene rings is 2. The van der Waals surface area contributed by atoms with E-state index in [0.29, 0.717) is 18.5 Å². The lowest BCUT2D eigenvalue weighted by atomic mass is 10.0. The normalized spacial score (nSPS) is 15.2. The Labute approximate surface area is 128 Å². The average Bonchev–Trinajstić information content (AvgIpc) is 2.84. The number of aliphatic hydroxyl groups is 1. The van der Waals surface area contributed by atoms with Crippen LogP contribution < -0.4 is 10.6 Å². The van der Waals surface area contributed by atoms with Gasteiger partial charge in [-0.1, -0.05) is 24.3 Å². The van der Waals surface area contributed by atoms with Crippen molar-refractivity contribution in [2.75, 3.05) is 11.9 Å². The minimum Gasteiger partial charge on any atom is -0.387 e. The molecule has 4 nitrogen and oxygen atoms in total. The molecular weight excluding hydrogens is 283 g/mol. The molecule has 0 bridgehead atoms. The topological polar surface area (TPSA) is 61.4 Å². The largest absolute Gasteiger partial charge is 0.387 e. The van der Waals surface area contributed by atoms with E-state index in [-0.39, 0.29) is 12.4 Å². The summed E-state index contributed by atoms with van der Waals surface area (Å²) in [6, 6.07) is 13.0. The predicted octanol–water partition coefficient (Wildman–Crippen LogP) is 2.48. The number of urea groups is 1. The molecule has 0 saturated heterocycles. The number of rotatable bonds is 3. The maximum Gasteiger partial charge on any atom is 0.319 e. The van der Waals surface area contributed by atoms with Crippen LogP contribution in [0, 0.1) is 5.82 Å². The lowest BCUT2D eigenvalue weighted by Crippen LogP contribution is -2.45. The van der Waals surface area contributed by atoms with Crippen molar-refractivity contribution in [3.05, 3.63) is 65.5 Å². The first-order valence-electron chi connectivity index (χ1n) is 7.14. The molecule has 2 aromatic carbocycles. The summed E-state index contributed by atoms with van der Waals surface area (Å²) in [5.74, 6) is -0.357. The summed E-state index contributed by atoms with van der Waals surface area (Å²) >= 11 is 0. The van der Waals surface area contributed by atoms with Gasteiger partial charge < -0.3 is 15.7 Å². The molecule has 0 aromatic heterocycles. The molecule has 1 aliphatic carbocycles. The number of hydrogen-bond acceptors (Lipinski definition) is 2. The van der Waals surface area contributed by atoms with E-state index >= 15 is 0 Å². The van der Waals surface area contributed by atoms with Crippen molar-refractivity contribution >= 4 is 11.7 Å². The number of halogens is 1. The van der Waals surface area contributed by atoms with Crippen LogP contribution in [-0.4, -0.2) is 23.3 Å². The van der Waals surface area contributed by atoms with Gasteiger partial charge in [0.25, 0.3) is 0 Å². The summed E-state index contributed by atoms with van der Waals surface area (Å²) in [4.78, 5) is 11.8. The van der Waals surface area contributed by atoms with E-state index in [1.165, 1.54) is 24.3 Å². The fraction of sp³-hybridized carbons (Fsp3) is 0.235. The number of amides is 2. The van der Waals surface area contributed by atoms with Gasteiger partial charge in [0.2, 0.25) is 0 Å². The molecule has 0 spiro atoms. The van der Waals surface area contributed by atoms with Gasteiger partial charge in [-0.05, 0) is 35.4 Å². The van der Waals surface area contributed by atoms with Gasteiger partial charge in [-0.15, -0.1) is 0 Å². The van der Waals surface area contributed by atoms with E-state index in [9.17, 15) is 14.3 Å². The van der Waals surface area contributed by atoms with Gasteiger partial charge >= 0.3 is 6.03 Å². The molecule has 3 N–H and O–H groups in total. The molecule has 0 aliphatic heterocycles. The fourth-order valence-electron chi connectivity index (χ4n) is 2.75. The van der Waals surface area contributed by atoms with Crippen molar-refractivity contribution < 1.29 is 14.3 Å². The van der Waals surface area contributed by atoms with Crippen molar-refractivity contribution in [1.29, 1.82) is 0 Å². The Morgan fingerprint density at radius 2 is 1.68 bits per heavy atom. The minimum absolute atomic E-state index is 0.161. The summed E-state index contributed by atoms with van der Waals surface area (Å²) in [5.41, 5.74) is 1.78. The molecule has 2 aromatic rings. The number of fused-ring (bicyclic) bond motifs is 1. The first kappa shape index (κ1) is 14.5. The number of nitrogens with one attached hydrogen (secondary N) is 2. The Balaban J connectivity index is 1.54. The molecule has 22 heavy (non-hydrogen) atoms. The Kier molecular flexibility index (Phi) is 3.81. The molecule has 2 amide bonds. The van der Waals surface area contributed by atoms with E-state index in [1.807, 2.05) is 24.3 Å². The number of carbonyl (C=O) groups is 1. The van der Waals surface area contributed by atoms with Crippen LogP contribution >= 0.6 is 0 Å². The van der Waals surface area contributed by atoms with Crippen LogP contribution in [0.4, 0.5) is 14.9 Å². The van der Waals surface area contributed by atoms with E-state index in [1.54, 1.807) is 0 Å². The second kappa shape index (κ2) is 5.77. The van der Waals surface area contributed by atoms with E-state index < -0.39 is 11.6 Å². The molecule has 0 heterocycles. The zero-order valence-electron chi connectivity index (χ0n) is 12.0. The monoisotopic (exact) mass is 300 g/mol. The standard InChI is InChI=1S/C17H17FN2O2/c18-14-5-7-15(8-6-14)20-16(21)19-11-17(22)9-12-3-1-2-4-13(12)10-17/h1-8,22H,9-11H2,(H2,19,20,21). The summed E-state index contributed by atoms with van der Waals surface area (Å²) in [6.07, 6.45) is 1.06. The van der Waals surface area contributed by atoms with Gasteiger partial charge in [-0.25, -0.2) is 9.18 Å². The van der Waals surface area contributed by atoms with Crippen molar-refractivity contribution in [1.82, 2.24) is 5.32 Å². The zero-order valence-corrected chi connectivity index (χ0v) is 12.0. The van der Waals surface area contributed by atoms with Crippen molar-refractivity contribution in [3.63, 3.8) is 0 Å². The molecule has 0 fully saturated rings. The summed E-state index contributed by atoms with van der Waals surface area (Å²) in [6.45, 7) is 0.161. The van der Waals surface area contributed by atoms with Crippen molar-refractivity contribution in [2.45, 2.75) is 18.4 Å². The second-order valence-electron chi connectivity index (χ2n) is 5.66. The first-order chi connectivity index (χ1) is 10.5. The lowest BCUT2D eigenvalue weighted by molar-refractivity contribution is 0.0541. The Bertz CT molecular complexity index is 660. The summed E-state index contributed by atoms with van der Waals surface area (Å²) in [5, 5.41) is 15.8. The molecule has 0 radical (unpaired) electrons. The number of carbonyl (C=O) groups excluding carboxylic acids is 1.